The van der Waals surface area contributed by atoms with E-state index >= 15 is 0 Å². The lowest BCUT2D eigenvalue weighted by atomic mass is 10.0. The van der Waals surface area contributed by atoms with Crippen molar-refractivity contribution in [3.8, 4) is 0 Å². The molecule has 6 N–H and O–H groups in total. The van der Waals surface area contributed by atoms with Gasteiger partial charge in [0.25, 0.3) is 0 Å². The van der Waals surface area contributed by atoms with Crippen molar-refractivity contribution in [3.05, 3.63) is 0 Å². The van der Waals surface area contributed by atoms with E-state index in [4.69, 9.17) is 30.7 Å². The normalized spacial score (nSPS) is 17.3. The Kier molecular flexibility index (Phi) is 12.5. The number of isothiocyanates is 1. The maximum absolute atomic E-state index is 10.1. The highest BCUT2D eigenvalue weighted by Crippen LogP contribution is 2.16. The minimum absolute atomic E-state index is 0.0198. The van der Waals surface area contributed by atoms with Gasteiger partial charge in [-0.2, -0.15) is 0 Å². The Hall–Kier alpha value is -0.670. The number of nitrogens with one attached hydrogen (secondary N) is 1. The van der Waals surface area contributed by atoms with E-state index in [1.165, 1.54) is 0 Å². The van der Waals surface area contributed by atoms with E-state index in [1.54, 1.807) is 5.16 Å². The highest BCUT2D eigenvalue weighted by atomic mass is 32.1. The number of carbonyl (C=O) groups excluding carboxylic acids is 1. The average molecular weight is 302 g/mol. The van der Waals surface area contributed by atoms with Gasteiger partial charge in [-0.05, 0) is 12.2 Å². The molecular formula is C7H13NO8PS+. The quantitative estimate of drug-likeness (QED) is 0.134. The van der Waals surface area contributed by atoms with Crippen LogP contribution in [0.5, 0.6) is 0 Å². The van der Waals surface area contributed by atoms with Gasteiger partial charge < -0.3 is 25.2 Å². The van der Waals surface area contributed by atoms with Crippen molar-refractivity contribution in [2.24, 2.45) is 0 Å². The van der Waals surface area contributed by atoms with Crippen molar-refractivity contribution in [3.63, 3.8) is 0 Å². The Morgan fingerprint density at radius 1 is 1.33 bits per heavy atom. The summed E-state index contributed by atoms with van der Waals surface area (Å²) in [5.41, 5.74) is 0. The first-order chi connectivity index (χ1) is 8.31. The van der Waals surface area contributed by atoms with E-state index in [1.807, 2.05) is 0 Å². The van der Waals surface area contributed by atoms with E-state index in [2.05, 4.69) is 16.7 Å². The fourth-order valence-electron chi connectivity index (χ4n) is 0.749. The summed E-state index contributed by atoms with van der Waals surface area (Å²) in [5, 5.41) is 43.4. The second-order valence-electron chi connectivity index (χ2n) is 2.81. The lowest BCUT2D eigenvalue weighted by Gasteiger charge is -2.22. The van der Waals surface area contributed by atoms with Gasteiger partial charge in [0.1, 0.15) is 31.0 Å². The van der Waals surface area contributed by atoms with Gasteiger partial charge in [-0.3, -0.25) is 0 Å². The van der Waals surface area contributed by atoms with Crippen molar-refractivity contribution in [2.45, 2.75) is 24.4 Å². The molecule has 0 aliphatic heterocycles. The third kappa shape index (κ3) is 9.37. The SMILES string of the molecule is N=C=S.O=CC(O)C(O)C(O)C(O)CO[P+](=O)O. The first kappa shape index (κ1) is 19.7. The molecule has 0 rings (SSSR count). The fourth-order valence-corrected chi connectivity index (χ4v) is 1.03. The maximum Gasteiger partial charge on any atom is 0.694 e. The molecule has 0 aromatic heterocycles. The summed E-state index contributed by atoms with van der Waals surface area (Å²) in [6.07, 6.45) is -7.32. The molecule has 9 nitrogen and oxygen atoms in total. The van der Waals surface area contributed by atoms with Crippen LogP contribution in [0.25, 0.3) is 0 Å². The zero-order valence-electron chi connectivity index (χ0n) is 8.91. The highest BCUT2D eigenvalue weighted by Gasteiger charge is 2.32. The van der Waals surface area contributed by atoms with Gasteiger partial charge in [0, 0.05) is 4.57 Å². The molecule has 11 heteroatoms. The smallest absolute Gasteiger partial charge is 0.388 e. The van der Waals surface area contributed by atoms with Crippen molar-refractivity contribution in [1.82, 2.24) is 0 Å². The molecule has 0 bridgehead atoms. The Labute approximate surface area is 108 Å². The van der Waals surface area contributed by atoms with E-state index in [0.29, 0.717) is 0 Å². The number of hydrogen-bond donors (Lipinski definition) is 6. The molecule has 5 atom stereocenters. The molecule has 0 fully saturated rings. The van der Waals surface area contributed by atoms with E-state index < -0.39 is 39.3 Å². The predicted molar refractivity (Wildman–Crippen MR) is 61.2 cm³/mol. The second-order valence-corrected chi connectivity index (χ2v) is 3.75. The number of carbonyl (C=O) groups is 1. The van der Waals surface area contributed by atoms with Crippen LogP contribution < -0.4 is 0 Å². The molecule has 0 radical (unpaired) electrons. The molecule has 0 aliphatic carbocycles. The molecule has 0 aliphatic rings. The molecule has 0 saturated heterocycles. The summed E-state index contributed by atoms with van der Waals surface area (Å²) in [4.78, 5) is 18.2. The van der Waals surface area contributed by atoms with Gasteiger partial charge in [-0.25, -0.2) is 5.41 Å². The third-order valence-electron chi connectivity index (χ3n) is 1.59. The number of aliphatic hydroxyl groups is 4. The molecule has 0 spiro atoms. The first-order valence-electron chi connectivity index (χ1n) is 4.32. The minimum Gasteiger partial charge on any atom is -0.388 e. The standard InChI is InChI=1S/C6H11O8P.CHNS/c7-1-3(8)5(10)6(11)4(9)2-14-15(12)13;2-1-3/h1,3-6,8-11H,2H2;2H/p+1. The van der Waals surface area contributed by atoms with Crippen molar-refractivity contribution >= 4 is 31.9 Å². The summed E-state index contributed by atoms with van der Waals surface area (Å²) >= 11 is 3.81. The van der Waals surface area contributed by atoms with Gasteiger partial charge in [-0.15, -0.1) is 9.42 Å². The molecule has 18 heavy (non-hydrogen) atoms. The molecule has 0 aromatic rings. The Morgan fingerprint density at radius 2 is 1.78 bits per heavy atom. The topological polar surface area (TPSA) is 168 Å². The van der Waals surface area contributed by atoms with E-state index in [-0.39, 0.29) is 6.29 Å². The molecule has 0 aromatic carbocycles. The maximum atomic E-state index is 10.1. The van der Waals surface area contributed by atoms with E-state index in [0.717, 1.165) is 0 Å². The largest absolute Gasteiger partial charge is 0.694 e. The van der Waals surface area contributed by atoms with Gasteiger partial charge >= 0.3 is 8.25 Å². The van der Waals surface area contributed by atoms with Crippen LogP contribution in [0.4, 0.5) is 0 Å². The van der Waals surface area contributed by atoms with Crippen molar-refractivity contribution in [2.75, 3.05) is 6.61 Å². The van der Waals surface area contributed by atoms with Crippen LogP contribution in [0.15, 0.2) is 0 Å². The van der Waals surface area contributed by atoms with Crippen molar-refractivity contribution in [1.29, 1.82) is 5.41 Å². The molecule has 0 amide bonds. The van der Waals surface area contributed by atoms with Crippen LogP contribution in [0, 0.1) is 5.41 Å². The Bertz CT molecular complexity index is 297. The van der Waals surface area contributed by atoms with Crippen LogP contribution in [0.3, 0.4) is 0 Å². The van der Waals surface area contributed by atoms with E-state index in [9.17, 15) is 9.36 Å². The zero-order chi connectivity index (χ0) is 14.7. The molecule has 0 heterocycles. The lowest BCUT2D eigenvalue weighted by Crippen LogP contribution is -2.46. The molecule has 104 valence electrons. The summed E-state index contributed by atoms with van der Waals surface area (Å²) in [7, 11) is -2.93. The molecular weight excluding hydrogens is 289 g/mol. The van der Waals surface area contributed by atoms with Crippen LogP contribution >= 0.6 is 20.5 Å². The number of aliphatic hydroxyl groups excluding tert-OH is 4. The fraction of sp³-hybridized carbons (Fsp3) is 0.714. The van der Waals surface area contributed by atoms with Gasteiger partial charge in [-0.1, -0.05) is 0 Å². The van der Waals surface area contributed by atoms with Gasteiger partial charge in [0.15, 0.2) is 6.29 Å². The summed E-state index contributed by atoms with van der Waals surface area (Å²) < 4.78 is 14.1. The van der Waals surface area contributed by atoms with Crippen LogP contribution in [-0.2, 0) is 13.9 Å². The second kappa shape index (κ2) is 11.4. The Balaban J connectivity index is 0. The number of thiocarbonyl (C=S) groups is 1. The highest BCUT2D eigenvalue weighted by molar-refractivity contribution is 7.78. The Morgan fingerprint density at radius 3 is 2.11 bits per heavy atom. The average Bonchev–Trinajstić information content (AvgIpc) is 2.33. The molecule has 5 unspecified atom stereocenters. The van der Waals surface area contributed by atoms with Crippen molar-refractivity contribution < 1.29 is 39.2 Å². The molecule has 0 saturated carbocycles. The first-order valence-corrected chi connectivity index (χ1v) is 5.86. The lowest BCUT2D eigenvalue weighted by molar-refractivity contribution is -0.135. The van der Waals surface area contributed by atoms with Gasteiger partial charge in [0.2, 0.25) is 0 Å². The number of aldehydes is 1. The minimum atomic E-state index is -2.93. The van der Waals surface area contributed by atoms with Crippen LogP contribution in [-0.4, -0.2) is 67.8 Å². The zero-order valence-corrected chi connectivity index (χ0v) is 10.6. The van der Waals surface area contributed by atoms with Crippen LogP contribution in [0.1, 0.15) is 0 Å². The predicted octanol–water partition coefficient (Wildman–Crippen LogP) is -2.04. The summed E-state index contributed by atoms with van der Waals surface area (Å²) in [6, 6.07) is 0. The number of rotatable bonds is 7. The summed E-state index contributed by atoms with van der Waals surface area (Å²) in [5.74, 6) is 0. The van der Waals surface area contributed by atoms with Gasteiger partial charge in [0.05, 0.1) is 5.16 Å². The number of hydrogen-bond acceptors (Lipinski definition) is 9. The third-order valence-corrected chi connectivity index (χ3v) is 1.96. The monoisotopic (exact) mass is 302 g/mol. The summed E-state index contributed by atoms with van der Waals surface area (Å²) in [6.45, 7) is -0.713. The van der Waals surface area contributed by atoms with Crippen LogP contribution in [0.2, 0.25) is 0 Å².